The third-order valence-corrected chi connectivity index (χ3v) is 5.78. The van der Waals surface area contributed by atoms with Gasteiger partial charge in [-0.05, 0) is 24.3 Å². The van der Waals surface area contributed by atoms with E-state index in [2.05, 4.69) is 11.4 Å². The summed E-state index contributed by atoms with van der Waals surface area (Å²) in [5.74, 6) is -0.0411. The number of carboxylic acid groups (broad SMARTS) is 1. The standard InChI is InChI=1S/C15H21NO3S2/c17-14(10-20-9-11-5-4-8-21-11)16-13-7-3-1-2-6-12(13)15(18)19/h4-5,8,12-13H,1-3,6-7,9-10H2,(H,16,17)(H,18,19). The maximum absolute atomic E-state index is 12.0. The highest BCUT2D eigenvalue weighted by atomic mass is 32.2. The van der Waals surface area contributed by atoms with Crippen molar-refractivity contribution >= 4 is 35.0 Å². The van der Waals surface area contributed by atoms with E-state index < -0.39 is 11.9 Å². The Balaban J connectivity index is 1.77. The molecule has 1 aliphatic carbocycles. The van der Waals surface area contributed by atoms with Crippen LogP contribution in [0.4, 0.5) is 0 Å². The van der Waals surface area contributed by atoms with Gasteiger partial charge in [0.25, 0.3) is 0 Å². The number of thioether (sulfide) groups is 1. The van der Waals surface area contributed by atoms with Crippen molar-refractivity contribution in [1.82, 2.24) is 5.32 Å². The lowest BCUT2D eigenvalue weighted by Crippen LogP contribution is -2.43. The number of carbonyl (C=O) groups excluding carboxylic acids is 1. The summed E-state index contributed by atoms with van der Waals surface area (Å²) < 4.78 is 0. The highest BCUT2D eigenvalue weighted by molar-refractivity contribution is 7.99. The fourth-order valence-corrected chi connectivity index (χ4v) is 4.34. The molecule has 1 aromatic heterocycles. The van der Waals surface area contributed by atoms with E-state index in [1.54, 1.807) is 23.1 Å². The second-order valence-electron chi connectivity index (χ2n) is 5.33. The van der Waals surface area contributed by atoms with Crippen LogP contribution >= 0.6 is 23.1 Å². The maximum Gasteiger partial charge on any atom is 0.308 e. The molecule has 1 saturated carbocycles. The minimum atomic E-state index is -0.784. The molecular weight excluding hydrogens is 306 g/mol. The Bertz CT molecular complexity index is 461. The van der Waals surface area contributed by atoms with Crippen LogP contribution in [0.15, 0.2) is 17.5 Å². The van der Waals surface area contributed by atoms with Gasteiger partial charge in [-0.15, -0.1) is 23.1 Å². The van der Waals surface area contributed by atoms with Gasteiger partial charge in [0.1, 0.15) is 0 Å². The molecule has 2 unspecified atom stereocenters. The van der Waals surface area contributed by atoms with Crippen LogP contribution in [0, 0.1) is 5.92 Å². The molecule has 0 saturated heterocycles. The van der Waals surface area contributed by atoms with E-state index in [0.717, 1.165) is 31.4 Å². The first-order valence-electron chi connectivity index (χ1n) is 7.29. The van der Waals surface area contributed by atoms with Gasteiger partial charge in [-0.3, -0.25) is 9.59 Å². The summed E-state index contributed by atoms with van der Waals surface area (Å²) in [6.45, 7) is 0. The second-order valence-corrected chi connectivity index (χ2v) is 7.35. The molecule has 0 bridgehead atoms. The largest absolute Gasteiger partial charge is 0.481 e. The topological polar surface area (TPSA) is 66.4 Å². The first kappa shape index (κ1) is 16.4. The van der Waals surface area contributed by atoms with Gasteiger partial charge in [0.2, 0.25) is 5.91 Å². The smallest absolute Gasteiger partial charge is 0.308 e. The van der Waals surface area contributed by atoms with Crippen LogP contribution in [0.2, 0.25) is 0 Å². The zero-order valence-corrected chi connectivity index (χ0v) is 13.5. The Hall–Kier alpha value is -1.01. The minimum absolute atomic E-state index is 0.0466. The Kier molecular flexibility index (Phi) is 6.57. The molecule has 6 heteroatoms. The Morgan fingerprint density at radius 3 is 2.86 bits per heavy atom. The molecule has 0 radical (unpaired) electrons. The molecule has 0 aromatic carbocycles. The molecule has 2 rings (SSSR count). The van der Waals surface area contributed by atoms with Crippen LogP contribution < -0.4 is 5.32 Å². The lowest BCUT2D eigenvalue weighted by Gasteiger charge is -2.22. The molecule has 1 amide bonds. The Labute approximate surface area is 133 Å². The van der Waals surface area contributed by atoms with Crippen LogP contribution in [-0.4, -0.2) is 28.8 Å². The van der Waals surface area contributed by atoms with Crippen molar-refractivity contribution in [2.24, 2.45) is 5.92 Å². The van der Waals surface area contributed by atoms with Crippen molar-refractivity contribution < 1.29 is 14.7 Å². The molecule has 0 spiro atoms. The molecule has 2 N–H and O–H groups in total. The fourth-order valence-electron chi connectivity index (χ4n) is 2.66. The number of amides is 1. The van der Waals surface area contributed by atoms with Gasteiger partial charge in [-0.1, -0.05) is 25.3 Å². The summed E-state index contributed by atoms with van der Waals surface area (Å²) in [6, 6.07) is 3.85. The summed E-state index contributed by atoms with van der Waals surface area (Å²) in [5.41, 5.74) is 0. The molecule has 1 aromatic rings. The predicted octanol–water partition coefficient (Wildman–Crippen LogP) is 3.13. The van der Waals surface area contributed by atoms with Gasteiger partial charge >= 0.3 is 5.97 Å². The third-order valence-electron chi connectivity index (χ3n) is 3.74. The lowest BCUT2D eigenvalue weighted by molar-refractivity contribution is -0.143. The van der Waals surface area contributed by atoms with Crippen LogP contribution in [0.3, 0.4) is 0 Å². The van der Waals surface area contributed by atoms with Crippen molar-refractivity contribution in [2.75, 3.05) is 5.75 Å². The van der Waals surface area contributed by atoms with Crippen molar-refractivity contribution in [2.45, 2.75) is 43.9 Å². The van der Waals surface area contributed by atoms with Gasteiger partial charge in [0, 0.05) is 16.7 Å². The predicted molar refractivity (Wildman–Crippen MR) is 86.6 cm³/mol. The van der Waals surface area contributed by atoms with Crippen molar-refractivity contribution in [3.63, 3.8) is 0 Å². The normalized spacial score (nSPS) is 22.5. The van der Waals surface area contributed by atoms with Gasteiger partial charge in [0.05, 0.1) is 11.7 Å². The van der Waals surface area contributed by atoms with Gasteiger partial charge in [0.15, 0.2) is 0 Å². The summed E-state index contributed by atoms with van der Waals surface area (Å²) in [7, 11) is 0. The van der Waals surface area contributed by atoms with E-state index in [-0.39, 0.29) is 11.9 Å². The molecule has 1 heterocycles. The number of nitrogens with one attached hydrogen (secondary N) is 1. The van der Waals surface area contributed by atoms with E-state index >= 15 is 0 Å². The molecule has 1 aliphatic rings. The quantitative estimate of drug-likeness (QED) is 0.788. The zero-order valence-electron chi connectivity index (χ0n) is 11.9. The summed E-state index contributed by atoms with van der Waals surface area (Å²) in [6.07, 6.45) is 4.44. The van der Waals surface area contributed by atoms with E-state index in [4.69, 9.17) is 0 Å². The number of hydrogen-bond donors (Lipinski definition) is 2. The van der Waals surface area contributed by atoms with E-state index in [0.29, 0.717) is 12.2 Å². The van der Waals surface area contributed by atoms with Crippen LogP contribution in [0.1, 0.15) is 37.0 Å². The van der Waals surface area contributed by atoms with Crippen molar-refractivity contribution in [3.8, 4) is 0 Å². The summed E-state index contributed by atoms with van der Waals surface area (Å²) in [4.78, 5) is 24.6. The molecule has 0 aliphatic heterocycles. The summed E-state index contributed by atoms with van der Waals surface area (Å²) in [5, 5.41) is 14.3. The number of carboxylic acids is 1. The van der Waals surface area contributed by atoms with Crippen LogP contribution in [0.5, 0.6) is 0 Å². The fraction of sp³-hybridized carbons (Fsp3) is 0.600. The molecule has 116 valence electrons. The average molecular weight is 327 g/mol. The Morgan fingerprint density at radius 2 is 2.14 bits per heavy atom. The van der Waals surface area contributed by atoms with Crippen LogP contribution in [0.25, 0.3) is 0 Å². The third kappa shape index (κ3) is 5.36. The number of aliphatic carboxylic acids is 1. The van der Waals surface area contributed by atoms with E-state index in [1.165, 1.54) is 4.88 Å². The number of hydrogen-bond acceptors (Lipinski definition) is 4. The molecule has 1 fully saturated rings. The van der Waals surface area contributed by atoms with Crippen molar-refractivity contribution in [1.29, 1.82) is 0 Å². The molecule has 4 nitrogen and oxygen atoms in total. The maximum atomic E-state index is 12.0. The summed E-state index contributed by atoms with van der Waals surface area (Å²) >= 11 is 3.26. The first-order chi connectivity index (χ1) is 10.2. The highest BCUT2D eigenvalue weighted by Crippen LogP contribution is 2.24. The average Bonchev–Trinajstić information content (AvgIpc) is 2.84. The van der Waals surface area contributed by atoms with Crippen LogP contribution in [-0.2, 0) is 15.3 Å². The van der Waals surface area contributed by atoms with Crippen molar-refractivity contribution in [3.05, 3.63) is 22.4 Å². The van der Waals surface area contributed by atoms with E-state index in [9.17, 15) is 14.7 Å². The van der Waals surface area contributed by atoms with Gasteiger partial charge in [-0.25, -0.2) is 0 Å². The minimum Gasteiger partial charge on any atom is -0.481 e. The molecule has 2 atom stereocenters. The first-order valence-corrected chi connectivity index (χ1v) is 9.32. The van der Waals surface area contributed by atoms with Gasteiger partial charge in [-0.2, -0.15) is 0 Å². The number of rotatable bonds is 6. The second kappa shape index (κ2) is 8.44. The SMILES string of the molecule is O=C(CSCc1cccs1)NC1CCCCCC1C(=O)O. The zero-order chi connectivity index (χ0) is 15.1. The van der Waals surface area contributed by atoms with E-state index in [1.807, 2.05) is 11.4 Å². The lowest BCUT2D eigenvalue weighted by atomic mass is 9.95. The molecule has 21 heavy (non-hydrogen) atoms. The Morgan fingerprint density at radius 1 is 1.33 bits per heavy atom. The monoisotopic (exact) mass is 327 g/mol. The highest BCUT2D eigenvalue weighted by Gasteiger charge is 2.30. The van der Waals surface area contributed by atoms with Gasteiger partial charge < -0.3 is 10.4 Å². The molecular formula is C15H21NO3S2. The number of thiophene rings is 1. The number of carbonyl (C=O) groups is 2.